The second kappa shape index (κ2) is 9.60. The fourth-order valence-electron chi connectivity index (χ4n) is 2.11. The Bertz CT molecular complexity index is 768. The third-order valence-electron chi connectivity index (χ3n) is 2.77. The first-order chi connectivity index (χ1) is 11.7. The first-order valence-electron chi connectivity index (χ1n) is 6.63. The van der Waals surface area contributed by atoms with Crippen LogP contribution in [-0.4, -0.2) is 56.3 Å². The summed E-state index contributed by atoms with van der Waals surface area (Å²) in [5, 5.41) is 0. The summed E-state index contributed by atoms with van der Waals surface area (Å²) in [6.07, 6.45) is 0. The van der Waals surface area contributed by atoms with Gasteiger partial charge in [0.15, 0.2) is 16.4 Å². The van der Waals surface area contributed by atoms with Gasteiger partial charge < -0.3 is 0 Å². The Labute approximate surface area is 174 Å². The second-order valence-corrected chi connectivity index (χ2v) is 21.4. The van der Waals surface area contributed by atoms with E-state index in [1.54, 1.807) is 0 Å². The highest BCUT2D eigenvalue weighted by Crippen LogP contribution is 2.87. The van der Waals surface area contributed by atoms with Crippen molar-refractivity contribution in [2.75, 3.05) is 42.3 Å². The van der Waals surface area contributed by atoms with Gasteiger partial charge in [0, 0.05) is 0 Å². The van der Waals surface area contributed by atoms with Crippen LogP contribution in [0.25, 0.3) is 0 Å². The minimum atomic E-state index is -3.29. The van der Waals surface area contributed by atoms with Crippen LogP contribution >= 0.6 is 80.7 Å². The zero-order valence-corrected chi connectivity index (χ0v) is 22.4. The number of halogens is 4. The largest absolute Gasteiger partial charge is 0.302 e. The van der Waals surface area contributed by atoms with Crippen molar-refractivity contribution < 1.29 is 0 Å². The minimum absolute atomic E-state index is 0.448. The molecular formula is C6H20Cl4N11P5. The van der Waals surface area contributed by atoms with Gasteiger partial charge in [-0.2, -0.15) is 22.9 Å². The van der Waals surface area contributed by atoms with Crippen molar-refractivity contribution in [1.29, 1.82) is 5.53 Å². The van der Waals surface area contributed by atoms with Crippen LogP contribution in [0, 0.1) is 5.53 Å². The smallest absolute Gasteiger partial charge is 0.252 e. The molecule has 0 aliphatic carbocycles. The molecule has 0 aromatic rings. The van der Waals surface area contributed by atoms with E-state index in [-0.39, 0.29) is 0 Å². The standard InChI is InChI=1S/C6H20Cl4N11P5/c1-19(2)26(20(3)4,21(5)6)18-25(10)16-23(7,8)15-24(9,17-25)14-13-22-12-11/h11,22H,1-6H3. The van der Waals surface area contributed by atoms with Gasteiger partial charge in [0.25, 0.3) is 12.6 Å². The van der Waals surface area contributed by atoms with Crippen molar-refractivity contribution in [2.24, 2.45) is 32.7 Å². The van der Waals surface area contributed by atoms with E-state index in [0.29, 0.717) is 0 Å². The van der Waals surface area contributed by atoms with Gasteiger partial charge in [-0.3, -0.25) is 14.0 Å². The molecule has 1 N–H and O–H groups in total. The van der Waals surface area contributed by atoms with Gasteiger partial charge in [0.1, 0.15) is 0 Å². The summed E-state index contributed by atoms with van der Waals surface area (Å²) in [7, 11) is 8.44. The number of nitrogens with one attached hydrogen (secondary N) is 1. The quantitative estimate of drug-likeness (QED) is 0.256. The molecule has 0 bridgehead atoms. The lowest BCUT2D eigenvalue weighted by molar-refractivity contribution is 0.475. The molecule has 3 atom stereocenters. The molecule has 152 valence electrons. The van der Waals surface area contributed by atoms with Gasteiger partial charge in [0.2, 0.25) is 0 Å². The molecular weight excluding hydrogens is 523 g/mol. The summed E-state index contributed by atoms with van der Waals surface area (Å²) >= 11 is 25.6. The van der Waals surface area contributed by atoms with Gasteiger partial charge in [-0.15, -0.1) is 9.77 Å². The Morgan fingerprint density at radius 2 is 1.35 bits per heavy atom. The highest BCUT2D eigenvalue weighted by molar-refractivity contribution is 8.17. The molecule has 1 heterocycles. The third kappa shape index (κ3) is 6.29. The number of nitrogens with zero attached hydrogens (tertiary/aromatic N) is 10. The fraction of sp³-hybridized carbons (Fsp3) is 1.00. The van der Waals surface area contributed by atoms with Crippen molar-refractivity contribution in [3.63, 3.8) is 0 Å². The van der Waals surface area contributed by atoms with Crippen LogP contribution in [0.1, 0.15) is 0 Å². The van der Waals surface area contributed by atoms with Crippen LogP contribution in [0.3, 0.4) is 0 Å². The predicted molar refractivity (Wildman–Crippen MR) is 120 cm³/mol. The number of hydrogen-bond donors (Lipinski definition) is 1. The van der Waals surface area contributed by atoms with E-state index in [2.05, 4.69) is 28.2 Å². The lowest BCUT2D eigenvalue weighted by atomic mass is 11.2. The maximum absolute atomic E-state index is 6.78. The van der Waals surface area contributed by atoms with E-state index in [1.807, 2.05) is 56.3 Å². The van der Waals surface area contributed by atoms with Crippen LogP contribution in [-0.2, 0) is 0 Å². The average molecular weight is 543 g/mol. The monoisotopic (exact) mass is 541 g/mol. The van der Waals surface area contributed by atoms with Gasteiger partial charge >= 0.3 is 6.71 Å². The third-order valence-corrected chi connectivity index (χ3v) is 19.7. The molecule has 26 heavy (non-hydrogen) atoms. The van der Waals surface area contributed by atoms with Crippen LogP contribution in [0.2, 0.25) is 0 Å². The highest BCUT2D eigenvalue weighted by Gasteiger charge is 2.38. The summed E-state index contributed by atoms with van der Waals surface area (Å²) in [5.74, 6) is -3.23. The maximum atomic E-state index is 6.78. The summed E-state index contributed by atoms with van der Waals surface area (Å²) in [4.78, 5) is 10.7. The van der Waals surface area contributed by atoms with E-state index in [9.17, 15) is 0 Å². The van der Waals surface area contributed by atoms with Gasteiger partial charge in [0.05, 0.1) is 0 Å². The summed E-state index contributed by atoms with van der Waals surface area (Å²) in [6, 6.07) is 0. The first-order valence-corrected chi connectivity index (χ1v) is 17.7. The van der Waals surface area contributed by atoms with Crippen molar-refractivity contribution in [1.82, 2.24) is 14.0 Å². The molecule has 0 aromatic carbocycles. The number of rotatable bonds is 7. The molecule has 0 saturated carbocycles. The minimum Gasteiger partial charge on any atom is -0.252 e. The molecule has 0 spiro atoms. The molecule has 1 aliphatic heterocycles. The first kappa shape index (κ1) is 25.6. The molecule has 0 fully saturated rings. The van der Waals surface area contributed by atoms with Gasteiger partial charge in [-0.25, -0.2) is 5.53 Å². The molecule has 20 heteroatoms. The van der Waals surface area contributed by atoms with Crippen molar-refractivity contribution >= 4 is 80.7 Å². The molecule has 3 unspecified atom stereocenters. The van der Waals surface area contributed by atoms with E-state index in [4.69, 9.17) is 55.0 Å². The fourth-order valence-corrected chi connectivity index (χ4v) is 23.5. The zero-order chi connectivity index (χ0) is 20.4. The molecule has 0 amide bonds. The van der Waals surface area contributed by atoms with Crippen LogP contribution in [0.5, 0.6) is 0 Å². The summed E-state index contributed by atoms with van der Waals surface area (Å²) in [6.45, 7) is -6.58. The molecule has 11 nitrogen and oxygen atoms in total. The number of hydrogen-bond acceptors (Lipinski definition) is 8. The Balaban J connectivity index is 3.83. The van der Waals surface area contributed by atoms with Crippen molar-refractivity contribution in [3.8, 4) is 0 Å². The summed E-state index contributed by atoms with van der Waals surface area (Å²) in [5.41, 5.74) is 6.78. The average Bonchev–Trinajstić information content (AvgIpc) is 2.41. The van der Waals surface area contributed by atoms with Gasteiger partial charge in [-0.1, -0.05) is 0 Å². The highest BCUT2D eigenvalue weighted by atomic mass is 35.9. The van der Waals surface area contributed by atoms with Crippen molar-refractivity contribution in [2.45, 2.75) is 0 Å². The van der Waals surface area contributed by atoms with Crippen LogP contribution in [0.4, 0.5) is 0 Å². The van der Waals surface area contributed by atoms with E-state index in [1.165, 1.54) is 0 Å². The van der Waals surface area contributed by atoms with E-state index in [0.717, 1.165) is 0 Å². The Kier molecular flexibility index (Phi) is 9.46. The Morgan fingerprint density at radius 3 is 1.77 bits per heavy atom. The molecule has 0 radical (unpaired) electrons. The Morgan fingerprint density at radius 1 is 0.846 bits per heavy atom. The maximum Gasteiger partial charge on any atom is 0.302 e. The van der Waals surface area contributed by atoms with E-state index >= 15 is 0 Å². The van der Waals surface area contributed by atoms with Gasteiger partial charge in [-0.05, 0) is 87.2 Å². The molecule has 1 rings (SSSR count). The van der Waals surface area contributed by atoms with Crippen molar-refractivity contribution in [3.05, 3.63) is 0 Å². The topological polar surface area (TPSA) is 120 Å². The van der Waals surface area contributed by atoms with E-state index < -0.39 is 35.7 Å². The van der Waals surface area contributed by atoms with Crippen LogP contribution in [0.15, 0.2) is 32.7 Å². The predicted octanol–water partition coefficient (Wildman–Crippen LogP) is 8.42. The lowest BCUT2D eigenvalue weighted by Gasteiger charge is -2.41. The second-order valence-electron chi connectivity index (χ2n) is 5.28. The Hall–Kier alpha value is 1.59. The lowest BCUT2D eigenvalue weighted by Crippen LogP contribution is -2.30. The zero-order valence-electron chi connectivity index (χ0n) is 14.8. The molecule has 0 aromatic heterocycles. The van der Waals surface area contributed by atoms with Crippen LogP contribution < -0.4 is 0 Å². The normalized spacial score (nSPS) is 29.3. The molecule has 1 aliphatic rings. The molecule has 0 saturated heterocycles. The SMILES string of the molecule is CN(C)P(=NP1(Cl)=NP(Cl)(N=NPN=N)=NP(Cl)(Cl)=N1)(N(C)C)N(C)C. The summed E-state index contributed by atoms with van der Waals surface area (Å²) < 4.78 is 23.3.